The van der Waals surface area contributed by atoms with Crippen molar-refractivity contribution in [3.05, 3.63) is 67.0 Å². The van der Waals surface area contributed by atoms with Crippen LogP contribution < -0.4 is 5.30 Å². The van der Waals surface area contributed by atoms with Crippen LogP contribution in [-0.2, 0) is 4.52 Å². The minimum Gasteiger partial charge on any atom is -0.350 e. The Bertz CT molecular complexity index is 368. The van der Waals surface area contributed by atoms with Gasteiger partial charge in [0.1, 0.15) is 0 Å². The fourth-order valence-corrected chi connectivity index (χ4v) is 3.03. The normalized spacial score (nSPS) is 13.2. The Morgan fingerprint density at radius 2 is 2.00 bits per heavy atom. The molecule has 1 atom stereocenters. The van der Waals surface area contributed by atoms with Crippen LogP contribution in [0.2, 0.25) is 0 Å². The summed E-state index contributed by atoms with van der Waals surface area (Å²) in [5.74, 6) is 0. The van der Waals surface area contributed by atoms with E-state index in [2.05, 4.69) is 25.3 Å². The fourth-order valence-electron chi connectivity index (χ4n) is 1.33. The maximum atomic E-state index is 5.81. The summed E-state index contributed by atoms with van der Waals surface area (Å²) in [7, 11) is -0.753. The predicted octanol–water partition coefficient (Wildman–Crippen LogP) is 4.00. The highest BCUT2D eigenvalue weighted by Gasteiger charge is 2.13. The third-order valence-corrected chi connectivity index (χ3v) is 4.07. The molecule has 0 amide bonds. The molecule has 0 spiro atoms. The average molecular weight is 232 g/mol. The second kappa shape index (κ2) is 7.16. The Hall–Kier alpha value is -1.17. The molecule has 1 aromatic carbocycles. The van der Waals surface area contributed by atoms with Gasteiger partial charge in [-0.05, 0) is 6.92 Å². The van der Waals surface area contributed by atoms with Crippen LogP contribution in [0.1, 0.15) is 6.92 Å². The highest BCUT2D eigenvalue weighted by atomic mass is 31.1. The van der Waals surface area contributed by atoms with E-state index in [1.165, 1.54) is 5.30 Å². The molecule has 0 saturated carbocycles. The van der Waals surface area contributed by atoms with Gasteiger partial charge in [0.2, 0.25) is 0 Å². The first-order valence-electron chi connectivity index (χ1n) is 5.26. The van der Waals surface area contributed by atoms with Crippen LogP contribution in [0.4, 0.5) is 0 Å². The molecule has 0 aliphatic carbocycles. The summed E-state index contributed by atoms with van der Waals surface area (Å²) in [4.78, 5) is 0. The molecule has 0 radical (unpaired) electrons. The number of hydrogen-bond acceptors (Lipinski definition) is 1. The second-order valence-corrected chi connectivity index (χ2v) is 4.96. The van der Waals surface area contributed by atoms with Gasteiger partial charge >= 0.3 is 0 Å². The quantitative estimate of drug-likeness (QED) is 0.532. The van der Waals surface area contributed by atoms with E-state index >= 15 is 0 Å². The highest BCUT2D eigenvalue weighted by Crippen LogP contribution is 2.45. The van der Waals surface area contributed by atoms with E-state index in [1.807, 2.05) is 37.3 Å². The van der Waals surface area contributed by atoms with E-state index in [4.69, 9.17) is 4.52 Å². The van der Waals surface area contributed by atoms with Crippen molar-refractivity contribution < 1.29 is 4.52 Å². The lowest BCUT2D eigenvalue weighted by atomic mass is 10.4. The first kappa shape index (κ1) is 12.9. The third kappa shape index (κ3) is 3.44. The number of rotatable bonds is 6. The third-order valence-electron chi connectivity index (χ3n) is 1.98. The van der Waals surface area contributed by atoms with Gasteiger partial charge in [0.05, 0.1) is 8.15 Å². The molecular formula is C14H17OP. The van der Waals surface area contributed by atoms with Gasteiger partial charge in [-0.25, -0.2) is 0 Å². The van der Waals surface area contributed by atoms with Gasteiger partial charge in [0.25, 0.3) is 0 Å². The van der Waals surface area contributed by atoms with Crippen molar-refractivity contribution in [1.82, 2.24) is 0 Å². The minimum absolute atomic E-state index is 0.697. The van der Waals surface area contributed by atoms with E-state index in [0.717, 1.165) is 5.31 Å². The van der Waals surface area contributed by atoms with Gasteiger partial charge < -0.3 is 4.52 Å². The number of hydrogen-bond donors (Lipinski definition) is 0. The van der Waals surface area contributed by atoms with Gasteiger partial charge in [-0.2, -0.15) is 0 Å². The van der Waals surface area contributed by atoms with Crippen LogP contribution in [-0.4, -0.2) is 6.61 Å². The second-order valence-electron chi connectivity index (χ2n) is 3.08. The van der Waals surface area contributed by atoms with Gasteiger partial charge in [-0.3, -0.25) is 0 Å². The standard InChI is InChI=1S/C14H17OP/c1-4-10-13(5-2)16(15-6-3)14-11-8-7-9-12-14/h4-5,7-12H,1-2,6H2,3H3/b13-10+. The van der Waals surface area contributed by atoms with Crippen LogP contribution in [0.25, 0.3) is 0 Å². The summed E-state index contributed by atoms with van der Waals surface area (Å²) in [6.07, 6.45) is 5.58. The molecule has 2 heteroatoms. The van der Waals surface area contributed by atoms with Crippen molar-refractivity contribution in [1.29, 1.82) is 0 Å². The average Bonchev–Trinajstić information content (AvgIpc) is 2.35. The Morgan fingerprint density at radius 1 is 1.31 bits per heavy atom. The molecule has 0 saturated heterocycles. The van der Waals surface area contributed by atoms with Gasteiger partial charge in [0, 0.05) is 17.2 Å². The van der Waals surface area contributed by atoms with Gasteiger partial charge in [-0.1, -0.05) is 61.7 Å². The lowest BCUT2D eigenvalue weighted by Gasteiger charge is -2.17. The molecule has 0 aliphatic heterocycles. The SMILES string of the molecule is C=C/C=C(\C=C)P(OCC)c1ccccc1. The molecule has 0 N–H and O–H groups in total. The van der Waals surface area contributed by atoms with E-state index < -0.39 is 8.15 Å². The molecule has 0 bridgehead atoms. The number of benzene rings is 1. The fraction of sp³-hybridized carbons (Fsp3) is 0.143. The van der Waals surface area contributed by atoms with Crippen LogP contribution in [0.5, 0.6) is 0 Å². The topological polar surface area (TPSA) is 9.23 Å². The molecular weight excluding hydrogens is 215 g/mol. The van der Waals surface area contributed by atoms with Crippen molar-refractivity contribution in [2.75, 3.05) is 6.61 Å². The van der Waals surface area contributed by atoms with Crippen molar-refractivity contribution in [2.24, 2.45) is 0 Å². The largest absolute Gasteiger partial charge is 0.350 e. The highest BCUT2D eigenvalue weighted by molar-refractivity contribution is 7.65. The molecule has 16 heavy (non-hydrogen) atoms. The number of allylic oxidation sites excluding steroid dienone is 4. The smallest absolute Gasteiger partial charge is 0.0917 e. The summed E-state index contributed by atoms with van der Waals surface area (Å²) in [6, 6.07) is 10.2. The van der Waals surface area contributed by atoms with E-state index in [-0.39, 0.29) is 0 Å². The maximum absolute atomic E-state index is 5.81. The van der Waals surface area contributed by atoms with Crippen molar-refractivity contribution in [2.45, 2.75) is 6.92 Å². The summed E-state index contributed by atoms with van der Waals surface area (Å²) >= 11 is 0. The summed E-state index contributed by atoms with van der Waals surface area (Å²) in [5, 5.41) is 2.30. The molecule has 0 fully saturated rings. The lowest BCUT2D eigenvalue weighted by molar-refractivity contribution is 0.386. The molecule has 0 aliphatic rings. The van der Waals surface area contributed by atoms with Gasteiger partial charge in [0.15, 0.2) is 0 Å². The Morgan fingerprint density at radius 3 is 2.50 bits per heavy atom. The van der Waals surface area contributed by atoms with Crippen LogP contribution in [0, 0.1) is 0 Å². The molecule has 84 valence electrons. The zero-order valence-corrected chi connectivity index (χ0v) is 10.5. The lowest BCUT2D eigenvalue weighted by Crippen LogP contribution is -2.03. The first-order valence-corrected chi connectivity index (χ1v) is 6.52. The van der Waals surface area contributed by atoms with Gasteiger partial charge in [-0.15, -0.1) is 0 Å². The summed E-state index contributed by atoms with van der Waals surface area (Å²) in [5.41, 5.74) is 0. The Balaban J connectivity index is 3.03. The van der Waals surface area contributed by atoms with Crippen molar-refractivity contribution in [3.8, 4) is 0 Å². The van der Waals surface area contributed by atoms with Crippen LogP contribution >= 0.6 is 8.15 Å². The van der Waals surface area contributed by atoms with Crippen LogP contribution in [0.15, 0.2) is 67.0 Å². The minimum atomic E-state index is -0.753. The first-order chi connectivity index (χ1) is 7.83. The Labute approximate surface area is 99.0 Å². The zero-order valence-electron chi connectivity index (χ0n) is 9.60. The Kier molecular flexibility index (Phi) is 5.77. The van der Waals surface area contributed by atoms with Crippen molar-refractivity contribution in [3.63, 3.8) is 0 Å². The predicted molar refractivity (Wildman–Crippen MR) is 73.1 cm³/mol. The zero-order chi connectivity index (χ0) is 11.8. The van der Waals surface area contributed by atoms with Crippen LogP contribution in [0.3, 0.4) is 0 Å². The molecule has 0 heterocycles. The summed E-state index contributed by atoms with van der Waals surface area (Å²) < 4.78 is 5.81. The van der Waals surface area contributed by atoms with E-state index in [9.17, 15) is 0 Å². The molecule has 1 aromatic rings. The van der Waals surface area contributed by atoms with Crippen molar-refractivity contribution >= 4 is 13.5 Å². The molecule has 1 rings (SSSR count). The molecule has 1 nitrogen and oxygen atoms in total. The van der Waals surface area contributed by atoms with E-state index in [0.29, 0.717) is 6.61 Å². The summed E-state index contributed by atoms with van der Waals surface area (Å²) in [6.45, 7) is 10.2. The molecule has 1 unspecified atom stereocenters. The molecule has 0 aromatic heterocycles. The maximum Gasteiger partial charge on any atom is 0.0917 e. The monoisotopic (exact) mass is 232 g/mol. The van der Waals surface area contributed by atoms with E-state index in [1.54, 1.807) is 6.08 Å².